The number of hydrogen-bond donors (Lipinski definition) is 2. The van der Waals surface area contributed by atoms with Crippen molar-refractivity contribution in [1.29, 1.82) is 0 Å². The molecule has 0 spiro atoms. The maximum Gasteiger partial charge on any atom is 0.308 e. The van der Waals surface area contributed by atoms with Crippen LogP contribution in [0.3, 0.4) is 0 Å². The van der Waals surface area contributed by atoms with Crippen LogP contribution in [0.15, 0.2) is 54.7 Å². The largest absolute Gasteiger partial charge is 0.427 e. The van der Waals surface area contributed by atoms with Gasteiger partial charge in [-0.15, -0.1) is 0 Å². The molecule has 0 saturated heterocycles. The second-order valence-corrected chi connectivity index (χ2v) is 4.82. The summed E-state index contributed by atoms with van der Waals surface area (Å²) < 4.78 is 5.00. The molecule has 0 radical (unpaired) electrons. The minimum absolute atomic E-state index is 0.225. The first-order valence-electron chi connectivity index (χ1n) is 6.79. The van der Waals surface area contributed by atoms with E-state index in [4.69, 9.17) is 4.74 Å². The van der Waals surface area contributed by atoms with Gasteiger partial charge in [-0.25, -0.2) is 0 Å². The lowest BCUT2D eigenvalue weighted by atomic mass is 10.1. The molecule has 22 heavy (non-hydrogen) atoms. The molecule has 1 amide bonds. The highest BCUT2D eigenvalue weighted by atomic mass is 16.5. The summed E-state index contributed by atoms with van der Waals surface area (Å²) in [4.78, 5) is 26.4. The second kappa shape index (κ2) is 5.73. The molecule has 0 atom stereocenters. The Hall–Kier alpha value is -3.08. The number of aromatic nitrogens is 1. The molecule has 2 aromatic carbocycles. The molecule has 1 aromatic heterocycles. The van der Waals surface area contributed by atoms with Crippen LogP contribution in [-0.2, 0) is 4.79 Å². The van der Waals surface area contributed by atoms with E-state index < -0.39 is 5.97 Å². The van der Waals surface area contributed by atoms with Gasteiger partial charge in [0.05, 0.1) is 5.56 Å². The Bertz CT molecular complexity index is 852. The lowest BCUT2D eigenvalue weighted by Gasteiger charge is -2.06. The number of ether oxygens (including phenoxy) is 1. The number of H-pyrrole nitrogens is 1. The molecule has 0 aliphatic heterocycles. The van der Waals surface area contributed by atoms with Crippen LogP contribution in [0.2, 0.25) is 0 Å². The highest BCUT2D eigenvalue weighted by Gasteiger charge is 2.12. The predicted molar refractivity (Wildman–Crippen MR) is 84.0 cm³/mol. The minimum Gasteiger partial charge on any atom is -0.427 e. The molecule has 0 saturated carbocycles. The van der Waals surface area contributed by atoms with E-state index in [1.165, 1.54) is 6.92 Å². The van der Waals surface area contributed by atoms with Gasteiger partial charge < -0.3 is 15.0 Å². The van der Waals surface area contributed by atoms with Crippen LogP contribution in [0.1, 0.15) is 17.3 Å². The second-order valence-electron chi connectivity index (χ2n) is 4.82. The summed E-state index contributed by atoms with van der Waals surface area (Å²) >= 11 is 0. The van der Waals surface area contributed by atoms with Crippen molar-refractivity contribution in [1.82, 2.24) is 4.98 Å². The summed E-state index contributed by atoms with van der Waals surface area (Å²) in [7, 11) is 0. The number of aromatic amines is 1. The van der Waals surface area contributed by atoms with Crippen molar-refractivity contribution in [3.63, 3.8) is 0 Å². The van der Waals surface area contributed by atoms with Crippen molar-refractivity contribution >= 4 is 28.5 Å². The Kier molecular flexibility index (Phi) is 3.62. The van der Waals surface area contributed by atoms with Crippen LogP contribution in [-0.4, -0.2) is 16.9 Å². The molecular formula is C17H14N2O3. The maximum absolute atomic E-state index is 12.4. The summed E-state index contributed by atoms with van der Waals surface area (Å²) in [6, 6.07) is 14.3. The third-order valence-electron chi connectivity index (χ3n) is 3.19. The Labute approximate surface area is 126 Å². The zero-order chi connectivity index (χ0) is 15.5. The first-order chi connectivity index (χ1) is 10.6. The maximum atomic E-state index is 12.4. The van der Waals surface area contributed by atoms with E-state index in [1.54, 1.807) is 30.5 Å². The zero-order valence-electron chi connectivity index (χ0n) is 11.9. The van der Waals surface area contributed by atoms with E-state index in [2.05, 4.69) is 10.3 Å². The number of para-hydroxylation sites is 1. The topological polar surface area (TPSA) is 71.2 Å². The van der Waals surface area contributed by atoms with E-state index in [9.17, 15) is 9.59 Å². The SMILES string of the molecule is CC(=O)Oc1cccc(NC(=O)c2c[nH]c3ccccc23)c1. The van der Waals surface area contributed by atoms with Crippen LogP contribution < -0.4 is 10.1 Å². The number of carbonyl (C=O) groups excluding carboxylic acids is 2. The molecule has 110 valence electrons. The van der Waals surface area contributed by atoms with Crippen molar-refractivity contribution in [2.24, 2.45) is 0 Å². The van der Waals surface area contributed by atoms with Gasteiger partial charge >= 0.3 is 5.97 Å². The molecule has 0 aliphatic rings. The highest BCUT2D eigenvalue weighted by molar-refractivity contribution is 6.12. The Morgan fingerprint density at radius 3 is 2.73 bits per heavy atom. The van der Waals surface area contributed by atoms with E-state index in [-0.39, 0.29) is 5.91 Å². The van der Waals surface area contributed by atoms with Crippen LogP contribution >= 0.6 is 0 Å². The molecule has 1 heterocycles. The first kappa shape index (κ1) is 13.9. The number of hydrogen-bond acceptors (Lipinski definition) is 3. The van der Waals surface area contributed by atoms with Crippen molar-refractivity contribution in [3.8, 4) is 5.75 Å². The highest BCUT2D eigenvalue weighted by Crippen LogP contribution is 2.21. The number of benzene rings is 2. The molecule has 0 fully saturated rings. The van der Waals surface area contributed by atoms with Crippen LogP contribution in [0.5, 0.6) is 5.75 Å². The number of fused-ring (bicyclic) bond motifs is 1. The molecule has 3 rings (SSSR count). The Morgan fingerprint density at radius 2 is 1.91 bits per heavy atom. The first-order valence-corrected chi connectivity index (χ1v) is 6.79. The van der Waals surface area contributed by atoms with Gasteiger partial charge in [-0.05, 0) is 18.2 Å². The lowest BCUT2D eigenvalue weighted by molar-refractivity contribution is -0.131. The van der Waals surface area contributed by atoms with Crippen molar-refractivity contribution < 1.29 is 14.3 Å². The van der Waals surface area contributed by atoms with E-state index in [0.29, 0.717) is 17.0 Å². The van der Waals surface area contributed by atoms with Crippen LogP contribution in [0.25, 0.3) is 10.9 Å². The molecule has 3 aromatic rings. The zero-order valence-corrected chi connectivity index (χ0v) is 11.9. The number of esters is 1. The number of nitrogens with one attached hydrogen (secondary N) is 2. The summed E-state index contributed by atoms with van der Waals surface area (Å²) in [5.74, 6) is -0.234. The summed E-state index contributed by atoms with van der Waals surface area (Å²) in [6.07, 6.45) is 1.68. The summed E-state index contributed by atoms with van der Waals surface area (Å²) in [5.41, 5.74) is 2.03. The quantitative estimate of drug-likeness (QED) is 0.575. The standard InChI is InChI=1S/C17H14N2O3/c1-11(20)22-13-6-4-5-12(9-13)19-17(21)15-10-18-16-8-3-2-7-14(15)16/h2-10,18H,1H3,(H,19,21). The molecule has 0 unspecified atom stereocenters. The van der Waals surface area contributed by atoms with E-state index in [1.807, 2.05) is 24.3 Å². The van der Waals surface area contributed by atoms with Gasteiger partial charge in [-0.2, -0.15) is 0 Å². The molecule has 5 nitrogen and oxygen atoms in total. The average Bonchev–Trinajstić information content (AvgIpc) is 2.91. The van der Waals surface area contributed by atoms with Gasteiger partial charge in [0.1, 0.15) is 5.75 Å². The monoisotopic (exact) mass is 294 g/mol. The lowest BCUT2D eigenvalue weighted by Crippen LogP contribution is -2.11. The van der Waals surface area contributed by atoms with Gasteiger partial charge in [0, 0.05) is 35.8 Å². The van der Waals surface area contributed by atoms with Gasteiger partial charge in [0.15, 0.2) is 0 Å². The molecule has 0 aliphatic carbocycles. The number of carbonyl (C=O) groups is 2. The number of rotatable bonds is 3. The molecule has 5 heteroatoms. The van der Waals surface area contributed by atoms with Crippen molar-refractivity contribution in [2.75, 3.05) is 5.32 Å². The average molecular weight is 294 g/mol. The summed E-state index contributed by atoms with van der Waals surface area (Å²) in [6.45, 7) is 1.33. The van der Waals surface area contributed by atoms with Gasteiger partial charge in [-0.1, -0.05) is 24.3 Å². The van der Waals surface area contributed by atoms with Gasteiger partial charge in [0.2, 0.25) is 0 Å². The fourth-order valence-electron chi connectivity index (χ4n) is 2.26. The fourth-order valence-corrected chi connectivity index (χ4v) is 2.26. The normalized spacial score (nSPS) is 10.4. The Morgan fingerprint density at radius 1 is 1.09 bits per heavy atom. The van der Waals surface area contributed by atoms with E-state index in [0.717, 1.165) is 10.9 Å². The fraction of sp³-hybridized carbons (Fsp3) is 0.0588. The van der Waals surface area contributed by atoms with Gasteiger partial charge in [-0.3, -0.25) is 9.59 Å². The molecule has 2 N–H and O–H groups in total. The third kappa shape index (κ3) is 2.83. The smallest absolute Gasteiger partial charge is 0.308 e. The number of amides is 1. The van der Waals surface area contributed by atoms with Gasteiger partial charge in [0.25, 0.3) is 5.91 Å². The molecular weight excluding hydrogens is 280 g/mol. The van der Waals surface area contributed by atoms with Crippen LogP contribution in [0, 0.1) is 0 Å². The third-order valence-corrected chi connectivity index (χ3v) is 3.19. The van der Waals surface area contributed by atoms with Crippen molar-refractivity contribution in [2.45, 2.75) is 6.92 Å². The summed E-state index contributed by atoms with van der Waals surface area (Å²) in [5, 5.41) is 3.66. The predicted octanol–water partition coefficient (Wildman–Crippen LogP) is 3.35. The Balaban J connectivity index is 1.84. The van der Waals surface area contributed by atoms with Crippen LogP contribution in [0.4, 0.5) is 5.69 Å². The van der Waals surface area contributed by atoms with Crippen molar-refractivity contribution in [3.05, 3.63) is 60.3 Å². The number of anilines is 1. The molecule has 0 bridgehead atoms. The van der Waals surface area contributed by atoms with E-state index >= 15 is 0 Å². The minimum atomic E-state index is -0.403.